The fourth-order valence-electron chi connectivity index (χ4n) is 3.30. The Bertz CT molecular complexity index is 781. The number of furan rings is 1. The molecule has 1 aromatic carbocycles. The lowest BCUT2D eigenvalue weighted by Crippen LogP contribution is -2.51. The summed E-state index contributed by atoms with van der Waals surface area (Å²) >= 11 is 0. The molecule has 2 N–H and O–H groups in total. The van der Waals surface area contributed by atoms with Crippen molar-refractivity contribution in [3.63, 3.8) is 0 Å². The Balaban J connectivity index is 0.00000300. The molecule has 0 radical (unpaired) electrons. The van der Waals surface area contributed by atoms with Crippen molar-refractivity contribution in [2.45, 2.75) is 38.6 Å². The zero-order valence-corrected chi connectivity index (χ0v) is 19.3. The maximum absolute atomic E-state index is 13.3. The molecule has 0 bridgehead atoms. The number of halogens is 2. The zero-order chi connectivity index (χ0) is 20.1. The van der Waals surface area contributed by atoms with Gasteiger partial charge >= 0.3 is 0 Å². The number of aliphatic imine (C=N–C) groups is 1. The van der Waals surface area contributed by atoms with Gasteiger partial charge in [-0.2, -0.15) is 0 Å². The van der Waals surface area contributed by atoms with Gasteiger partial charge in [0.25, 0.3) is 0 Å². The fraction of sp³-hybridized carbons (Fsp3) is 0.476. The summed E-state index contributed by atoms with van der Waals surface area (Å²) in [6, 6.07) is 9.88. The van der Waals surface area contributed by atoms with E-state index < -0.39 is 5.60 Å². The smallest absolute Gasteiger partial charge is 0.194 e. The second kappa shape index (κ2) is 10.4. The Morgan fingerprint density at radius 2 is 2.03 bits per heavy atom. The van der Waals surface area contributed by atoms with Gasteiger partial charge in [0.2, 0.25) is 0 Å². The van der Waals surface area contributed by atoms with Crippen molar-refractivity contribution >= 4 is 29.9 Å². The van der Waals surface area contributed by atoms with Crippen molar-refractivity contribution in [2.24, 2.45) is 4.99 Å². The molecule has 3 unspecified atom stereocenters. The number of hydrogen-bond acceptors (Lipinski definition) is 4. The maximum atomic E-state index is 13.3. The molecule has 1 saturated heterocycles. The van der Waals surface area contributed by atoms with E-state index in [1.807, 2.05) is 13.8 Å². The molecular formula is C21H29FIN3O3. The van der Waals surface area contributed by atoms with Gasteiger partial charge in [0.1, 0.15) is 23.3 Å². The number of rotatable bonds is 5. The quantitative estimate of drug-likeness (QED) is 0.360. The predicted molar refractivity (Wildman–Crippen MR) is 121 cm³/mol. The number of morpholine rings is 1. The highest BCUT2D eigenvalue weighted by molar-refractivity contribution is 14.0. The average Bonchev–Trinajstić information content (AvgIpc) is 3.21. The van der Waals surface area contributed by atoms with Crippen molar-refractivity contribution in [1.82, 2.24) is 10.2 Å². The van der Waals surface area contributed by atoms with Gasteiger partial charge in [-0.1, -0.05) is 12.1 Å². The van der Waals surface area contributed by atoms with Crippen LogP contribution in [0.25, 0.3) is 0 Å². The monoisotopic (exact) mass is 517 g/mol. The lowest BCUT2D eigenvalue weighted by atomic mass is 10.0. The standard InChI is InChI=1S/C21H28FN3O3.HI/c1-4-23-20(24-14-21(3,26)19-6-5-11-27-19)25-12-15(2)28-18(13-25)16-7-9-17(22)10-8-16;/h5-11,15,18,26H,4,12-14H2,1-3H3,(H,23,24);1H. The highest BCUT2D eigenvalue weighted by Crippen LogP contribution is 2.26. The molecule has 0 aliphatic carbocycles. The number of hydrogen-bond donors (Lipinski definition) is 2. The van der Waals surface area contributed by atoms with Crippen molar-refractivity contribution in [1.29, 1.82) is 0 Å². The Morgan fingerprint density at radius 1 is 1.31 bits per heavy atom. The largest absolute Gasteiger partial charge is 0.466 e. The molecule has 29 heavy (non-hydrogen) atoms. The second-order valence-corrected chi connectivity index (χ2v) is 7.31. The van der Waals surface area contributed by atoms with Crippen LogP contribution in [-0.2, 0) is 10.3 Å². The lowest BCUT2D eigenvalue weighted by Gasteiger charge is -2.39. The van der Waals surface area contributed by atoms with E-state index in [2.05, 4.69) is 15.2 Å². The number of guanidine groups is 1. The topological polar surface area (TPSA) is 70.2 Å². The average molecular weight is 517 g/mol. The summed E-state index contributed by atoms with van der Waals surface area (Å²) in [6.45, 7) is 7.82. The third kappa shape index (κ3) is 6.16. The summed E-state index contributed by atoms with van der Waals surface area (Å²) in [5.41, 5.74) is -0.269. The SMILES string of the molecule is CCNC(=NCC(C)(O)c1ccco1)N1CC(C)OC(c2ccc(F)cc2)C1.I. The predicted octanol–water partition coefficient (Wildman–Crippen LogP) is 3.67. The molecule has 6 nitrogen and oxygen atoms in total. The van der Waals surface area contributed by atoms with E-state index in [4.69, 9.17) is 9.15 Å². The van der Waals surface area contributed by atoms with Crippen LogP contribution in [0, 0.1) is 5.82 Å². The van der Waals surface area contributed by atoms with Crippen LogP contribution >= 0.6 is 24.0 Å². The number of aliphatic hydroxyl groups is 1. The molecule has 0 amide bonds. The summed E-state index contributed by atoms with van der Waals surface area (Å²) in [5.74, 6) is 0.919. The molecule has 1 aliphatic heterocycles. The lowest BCUT2D eigenvalue weighted by molar-refractivity contribution is -0.0606. The Labute approximate surface area is 188 Å². The van der Waals surface area contributed by atoms with Crippen molar-refractivity contribution < 1.29 is 18.7 Å². The van der Waals surface area contributed by atoms with E-state index in [1.54, 1.807) is 31.2 Å². The second-order valence-electron chi connectivity index (χ2n) is 7.31. The van der Waals surface area contributed by atoms with Gasteiger partial charge in [-0.15, -0.1) is 24.0 Å². The first-order valence-corrected chi connectivity index (χ1v) is 9.59. The van der Waals surface area contributed by atoms with Gasteiger partial charge in [0.05, 0.1) is 25.5 Å². The van der Waals surface area contributed by atoms with Crippen molar-refractivity contribution in [3.05, 3.63) is 59.8 Å². The summed E-state index contributed by atoms with van der Waals surface area (Å²) < 4.78 is 24.7. The first-order valence-electron chi connectivity index (χ1n) is 9.59. The van der Waals surface area contributed by atoms with E-state index >= 15 is 0 Å². The van der Waals surface area contributed by atoms with Gasteiger partial charge in [-0.3, -0.25) is 0 Å². The third-order valence-electron chi connectivity index (χ3n) is 4.73. The molecular weight excluding hydrogens is 488 g/mol. The third-order valence-corrected chi connectivity index (χ3v) is 4.73. The van der Waals surface area contributed by atoms with E-state index in [-0.39, 0.29) is 48.5 Å². The molecule has 160 valence electrons. The van der Waals surface area contributed by atoms with E-state index in [1.165, 1.54) is 18.4 Å². The van der Waals surface area contributed by atoms with Crippen LogP contribution in [0.15, 0.2) is 52.1 Å². The van der Waals surface area contributed by atoms with Crippen LogP contribution in [0.5, 0.6) is 0 Å². The molecule has 8 heteroatoms. The summed E-state index contributed by atoms with van der Waals surface area (Å²) in [4.78, 5) is 6.76. The summed E-state index contributed by atoms with van der Waals surface area (Å²) in [6.07, 6.45) is 1.34. The van der Waals surface area contributed by atoms with Crippen LogP contribution in [0.3, 0.4) is 0 Å². The van der Waals surface area contributed by atoms with Gasteiger partial charge in [0.15, 0.2) is 5.96 Å². The maximum Gasteiger partial charge on any atom is 0.194 e. The zero-order valence-electron chi connectivity index (χ0n) is 17.0. The molecule has 2 heterocycles. The highest BCUT2D eigenvalue weighted by atomic mass is 127. The van der Waals surface area contributed by atoms with Crippen LogP contribution < -0.4 is 5.32 Å². The molecule has 1 fully saturated rings. The van der Waals surface area contributed by atoms with Gasteiger partial charge < -0.3 is 24.5 Å². The molecule has 0 spiro atoms. The van der Waals surface area contributed by atoms with Crippen LogP contribution in [0.1, 0.15) is 38.2 Å². The Kier molecular flexibility index (Phi) is 8.47. The molecule has 1 aromatic heterocycles. The van der Waals surface area contributed by atoms with E-state index in [0.29, 0.717) is 31.4 Å². The highest BCUT2D eigenvalue weighted by Gasteiger charge is 2.30. The summed E-state index contributed by atoms with van der Waals surface area (Å²) in [5, 5.41) is 14.0. The minimum atomic E-state index is -1.20. The van der Waals surface area contributed by atoms with Crippen LogP contribution in [0.2, 0.25) is 0 Å². The van der Waals surface area contributed by atoms with E-state index in [9.17, 15) is 9.50 Å². The molecule has 3 rings (SSSR count). The van der Waals surface area contributed by atoms with Gasteiger partial charge in [-0.25, -0.2) is 9.38 Å². The van der Waals surface area contributed by atoms with Gasteiger partial charge in [0, 0.05) is 13.1 Å². The molecule has 2 aromatic rings. The normalized spacial score (nSPS) is 22.0. The Morgan fingerprint density at radius 3 is 2.66 bits per heavy atom. The summed E-state index contributed by atoms with van der Waals surface area (Å²) in [7, 11) is 0. The number of nitrogens with zero attached hydrogens (tertiary/aromatic N) is 2. The molecule has 1 aliphatic rings. The number of nitrogens with one attached hydrogen (secondary N) is 1. The number of ether oxygens (including phenoxy) is 1. The van der Waals surface area contributed by atoms with Crippen LogP contribution in [0.4, 0.5) is 4.39 Å². The Hall–Kier alpha value is -1.65. The minimum Gasteiger partial charge on any atom is -0.466 e. The molecule has 0 saturated carbocycles. The van der Waals surface area contributed by atoms with Gasteiger partial charge in [-0.05, 0) is 50.6 Å². The van der Waals surface area contributed by atoms with Crippen molar-refractivity contribution in [3.8, 4) is 0 Å². The molecule has 3 atom stereocenters. The first-order chi connectivity index (χ1) is 13.4. The van der Waals surface area contributed by atoms with Crippen molar-refractivity contribution in [2.75, 3.05) is 26.2 Å². The first kappa shape index (κ1) is 23.6. The van der Waals surface area contributed by atoms with Crippen LogP contribution in [-0.4, -0.2) is 48.2 Å². The minimum absolute atomic E-state index is 0. The number of benzene rings is 1. The fourth-order valence-corrected chi connectivity index (χ4v) is 3.30. The van der Waals surface area contributed by atoms with E-state index in [0.717, 1.165) is 5.56 Å².